The van der Waals surface area contributed by atoms with Crippen LogP contribution in [0.15, 0.2) is 22.7 Å². The molecule has 1 fully saturated rings. The van der Waals surface area contributed by atoms with Crippen molar-refractivity contribution in [1.29, 1.82) is 0 Å². The minimum Gasteiger partial charge on any atom is -0.378 e. The number of halogens is 3. The molecule has 0 saturated carbocycles. The van der Waals surface area contributed by atoms with Gasteiger partial charge in [0.05, 0.1) is 13.2 Å². The number of nitrogens with one attached hydrogen (secondary N) is 2. The van der Waals surface area contributed by atoms with Gasteiger partial charge in [-0.3, -0.25) is 4.79 Å². The van der Waals surface area contributed by atoms with E-state index in [1.807, 2.05) is 18.2 Å². The van der Waals surface area contributed by atoms with Gasteiger partial charge < -0.3 is 15.4 Å². The fourth-order valence-corrected chi connectivity index (χ4v) is 2.44. The van der Waals surface area contributed by atoms with E-state index < -0.39 is 0 Å². The summed E-state index contributed by atoms with van der Waals surface area (Å²) < 4.78 is 6.16. The SMILES string of the molecule is Cl.O=C(NCc1ccc(Br)cc1Cl)C1COCCN1. The Balaban J connectivity index is 0.00000180. The predicted octanol–water partition coefficient (Wildman–Crippen LogP) is 2.13. The molecule has 19 heavy (non-hydrogen) atoms. The molecule has 2 N–H and O–H groups in total. The molecule has 1 amide bonds. The average molecular weight is 370 g/mol. The van der Waals surface area contributed by atoms with Gasteiger partial charge in [-0.15, -0.1) is 12.4 Å². The van der Waals surface area contributed by atoms with Crippen LogP contribution >= 0.6 is 39.9 Å². The molecule has 1 atom stereocenters. The molecule has 1 unspecified atom stereocenters. The van der Waals surface area contributed by atoms with Crippen LogP contribution in [0.1, 0.15) is 5.56 Å². The molecule has 0 bridgehead atoms. The van der Waals surface area contributed by atoms with Gasteiger partial charge in [0, 0.05) is 22.6 Å². The number of rotatable bonds is 3. The van der Waals surface area contributed by atoms with E-state index in [2.05, 4.69) is 26.6 Å². The van der Waals surface area contributed by atoms with Crippen LogP contribution < -0.4 is 10.6 Å². The highest BCUT2D eigenvalue weighted by atomic mass is 79.9. The third-order valence-electron chi connectivity index (χ3n) is 2.71. The molecule has 7 heteroatoms. The van der Waals surface area contributed by atoms with Crippen molar-refractivity contribution in [3.05, 3.63) is 33.3 Å². The van der Waals surface area contributed by atoms with Crippen molar-refractivity contribution in [3.63, 3.8) is 0 Å². The summed E-state index contributed by atoms with van der Waals surface area (Å²) in [6.45, 7) is 2.20. The third-order valence-corrected chi connectivity index (χ3v) is 3.55. The Bertz CT molecular complexity index is 440. The highest BCUT2D eigenvalue weighted by Gasteiger charge is 2.20. The summed E-state index contributed by atoms with van der Waals surface area (Å²) in [5, 5.41) is 6.59. The van der Waals surface area contributed by atoms with E-state index in [1.54, 1.807) is 0 Å². The van der Waals surface area contributed by atoms with E-state index in [4.69, 9.17) is 16.3 Å². The van der Waals surface area contributed by atoms with Crippen LogP contribution in [-0.4, -0.2) is 31.7 Å². The molecule has 1 saturated heterocycles. The lowest BCUT2D eigenvalue weighted by Gasteiger charge is -2.23. The van der Waals surface area contributed by atoms with E-state index in [0.29, 0.717) is 31.3 Å². The summed E-state index contributed by atoms with van der Waals surface area (Å²) >= 11 is 9.42. The number of morpholine rings is 1. The monoisotopic (exact) mass is 368 g/mol. The van der Waals surface area contributed by atoms with Crippen LogP contribution in [0, 0.1) is 0 Å². The van der Waals surface area contributed by atoms with E-state index in [0.717, 1.165) is 10.0 Å². The molecule has 1 heterocycles. The zero-order chi connectivity index (χ0) is 13.0. The van der Waals surface area contributed by atoms with Crippen molar-refractivity contribution in [2.75, 3.05) is 19.8 Å². The Morgan fingerprint density at radius 3 is 3.00 bits per heavy atom. The molecule has 4 nitrogen and oxygen atoms in total. The molecular formula is C12H15BrCl2N2O2. The van der Waals surface area contributed by atoms with E-state index in [1.165, 1.54) is 0 Å². The highest BCUT2D eigenvalue weighted by Crippen LogP contribution is 2.21. The maximum Gasteiger partial charge on any atom is 0.239 e. The first-order valence-electron chi connectivity index (χ1n) is 5.69. The fourth-order valence-electron chi connectivity index (χ4n) is 1.70. The zero-order valence-corrected chi connectivity index (χ0v) is 13.3. The number of benzene rings is 1. The number of carbonyl (C=O) groups excluding carboxylic acids is 1. The summed E-state index contributed by atoms with van der Waals surface area (Å²) in [5.74, 6) is -0.0614. The quantitative estimate of drug-likeness (QED) is 0.858. The van der Waals surface area contributed by atoms with Gasteiger partial charge in [-0.2, -0.15) is 0 Å². The topological polar surface area (TPSA) is 50.4 Å². The van der Waals surface area contributed by atoms with Gasteiger partial charge >= 0.3 is 0 Å². The summed E-state index contributed by atoms with van der Waals surface area (Å²) in [7, 11) is 0. The summed E-state index contributed by atoms with van der Waals surface area (Å²) in [6.07, 6.45) is 0. The van der Waals surface area contributed by atoms with Crippen molar-refractivity contribution in [3.8, 4) is 0 Å². The van der Waals surface area contributed by atoms with Crippen molar-refractivity contribution >= 4 is 45.8 Å². The molecular weight excluding hydrogens is 355 g/mol. The first-order chi connectivity index (χ1) is 8.66. The van der Waals surface area contributed by atoms with Gasteiger partial charge in [0.1, 0.15) is 6.04 Å². The van der Waals surface area contributed by atoms with Gasteiger partial charge in [0.2, 0.25) is 5.91 Å². The fraction of sp³-hybridized carbons (Fsp3) is 0.417. The Hall–Kier alpha value is -0.330. The summed E-state index contributed by atoms with van der Waals surface area (Å²) in [4.78, 5) is 11.8. The Morgan fingerprint density at radius 1 is 1.58 bits per heavy atom. The first kappa shape index (κ1) is 16.7. The van der Waals surface area contributed by atoms with Crippen LogP contribution in [0.5, 0.6) is 0 Å². The lowest BCUT2D eigenvalue weighted by Crippen LogP contribution is -2.51. The van der Waals surface area contributed by atoms with Crippen LogP contribution in [0.25, 0.3) is 0 Å². The number of carbonyl (C=O) groups is 1. The van der Waals surface area contributed by atoms with Crippen molar-refractivity contribution < 1.29 is 9.53 Å². The standard InChI is InChI=1S/C12H14BrClN2O2.ClH/c13-9-2-1-8(10(14)5-9)6-16-12(17)11-7-18-4-3-15-11;/h1-2,5,11,15H,3-4,6-7H2,(H,16,17);1H. The van der Waals surface area contributed by atoms with Crippen LogP contribution in [0.2, 0.25) is 5.02 Å². The second-order valence-electron chi connectivity index (χ2n) is 4.04. The maximum absolute atomic E-state index is 11.8. The van der Waals surface area contributed by atoms with E-state index in [-0.39, 0.29) is 24.4 Å². The molecule has 0 aliphatic carbocycles. The molecule has 106 valence electrons. The maximum atomic E-state index is 11.8. The molecule has 1 aromatic carbocycles. The normalized spacial score (nSPS) is 18.5. The summed E-state index contributed by atoms with van der Waals surface area (Å²) in [6, 6.07) is 5.32. The Labute approximate surface area is 131 Å². The zero-order valence-electron chi connectivity index (χ0n) is 10.1. The second-order valence-corrected chi connectivity index (χ2v) is 5.36. The highest BCUT2D eigenvalue weighted by molar-refractivity contribution is 9.10. The van der Waals surface area contributed by atoms with Crippen LogP contribution in [-0.2, 0) is 16.1 Å². The summed E-state index contributed by atoms with van der Waals surface area (Å²) in [5.41, 5.74) is 0.893. The number of amides is 1. The van der Waals surface area contributed by atoms with Gasteiger partial charge in [0.25, 0.3) is 0 Å². The second kappa shape index (κ2) is 8.07. The van der Waals surface area contributed by atoms with Gasteiger partial charge in [-0.1, -0.05) is 33.6 Å². The number of hydrogen-bond donors (Lipinski definition) is 2. The lowest BCUT2D eigenvalue weighted by atomic mass is 10.2. The molecule has 0 aromatic heterocycles. The first-order valence-corrected chi connectivity index (χ1v) is 6.86. The Morgan fingerprint density at radius 2 is 2.37 bits per heavy atom. The van der Waals surface area contributed by atoms with Crippen molar-refractivity contribution in [2.24, 2.45) is 0 Å². The minimum atomic E-state index is -0.270. The van der Waals surface area contributed by atoms with Gasteiger partial charge in [0.15, 0.2) is 0 Å². The Kier molecular flexibility index (Phi) is 7.10. The third kappa shape index (κ3) is 4.93. The van der Waals surface area contributed by atoms with Crippen LogP contribution in [0.4, 0.5) is 0 Å². The van der Waals surface area contributed by atoms with E-state index in [9.17, 15) is 4.79 Å². The predicted molar refractivity (Wildman–Crippen MR) is 80.9 cm³/mol. The van der Waals surface area contributed by atoms with Gasteiger partial charge in [-0.05, 0) is 17.7 Å². The number of hydrogen-bond acceptors (Lipinski definition) is 3. The number of ether oxygens (including phenoxy) is 1. The van der Waals surface area contributed by atoms with E-state index >= 15 is 0 Å². The largest absolute Gasteiger partial charge is 0.378 e. The lowest BCUT2D eigenvalue weighted by molar-refractivity contribution is -0.126. The van der Waals surface area contributed by atoms with Gasteiger partial charge in [-0.25, -0.2) is 0 Å². The molecule has 1 aliphatic heterocycles. The molecule has 0 radical (unpaired) electrons. The minimum absolute atomic E-state index is 0. The van der Waals surface area contributed by atoms with Crippen LogP contribution in [0.3, 0.4) is 0 Å². The molecule has 2 rings (SSSR count). The molecule has 1 aliphatic rings. The molecule has 1 aromatic rings. The average Bonchev–Trinajstić information content (AvgIpc) is 2.38. The van der Waals surface area contributed by atoms with Crippen molar-refractivity contribution in [2.45, 2.75) is 12.6 Å². The molecule has 0 spiro atoms. The van der Waals surface area contributed by atoms with Crippen molar-refractivity contribution in [1.82, 2.24) is 10.6 Å². The smallest absolute Gasteiger partial charge is 0.239 e.